The summed E-state index contributed by atoms with van der Waals surface area (Å²) in [5, 5.41) is 12.4. The summed E-state index contributed by atoms with van der Waals surface area (Å²) in [6, 6.07) is 8.77. The Hall–Kier alpha value is -5.33. The number of ether oxygens (including phenoxy) is 10. The molecule has 1 saturated heterocycles. The zero-order valence-electron chi connectivity index (χ0n) is 30.5. The van der Waals surface area contributed by atoms with Crippen molar-refractivity contribution in [3.8, 4) is 0 Å². The number of esters is 7. The first kappa shape index (κ1) is 41.4. The summed E-state index contributed by atoms with van der Waals surface area (Å²) in [6.45, 7) is 6.01. The lowest BCUT2D eigenvalue weighted by Gasteiger charge is -2.48. The number of carbonyl (C=O) groups excluding carboxylic acids is 7. The number of carbonyl (C=O) groups is 7. The number of aliphatic hydroxyl groups is 1. The van der Waals surface area contributed by atoms with E-state index < -0.39 is 121 Å². The van der Waals surface area contributed by atoms with Gasteiger partial charge in [0.2, 0.25) is 12.6 Å². The minimum Gasteiger partial charge on any atom is -0.471 e. The fourth-order valence-corrected chi connectivity index (χ4v) is 6.76. The monoisotopic (exact) mass is 762 g/mol. The van der Waals surface area contributed by atoms with Crippen molar-refractivity contribution in [1.82, 2.24) is 0 Å². The number of hydrogen-bond acceptors (Lipinski definition) is 18. The number of hydrogen-bond donors (Lipinski definition) is 1. The molecule has 0 bridgehead atoms. The molecule has 54 heavy (non-hydrogen) atoms. The van der Waals surface area contributed by atoms with Gasteiger partial charge >= 0.3 is 41.8 Å². The van der Waals surface area contributed by atoms with Crippen molar-refractivity contribution in [3.05, 3.63) is 53.8 Å². The second-order valence-corrected chi connectivity index (χ2v) is 12.8. The van der Waals surface area contributed by atoms with E-state index >= 15 is 0 Å². The summed E-state index contributed by atoms with van der Waals surface area (Å²) in [4.78, 5) is 87.5. The number of rotatable bonds is 12. The van der Waals surface area contributed by atoms with Crippen LogP contribution in [0.2, 0.25) is 0 Å². The molecule has 294 valence electrons. The van der Waals surface area contributed by atoms with Gasteiger partial charge < -0.3 is 52.5 Å². The quantitative estimate of drug-likeness (QED) is 0.179. The fraction of sp³-hybridized carbons (Fsp3) is 0.528. The molecule has 1 aromatic rings. The Morgan fingerprint density at radius 3 is 2.00 bits per heavy atom. The van der Waals surface area contributed by atoms with Crippen LogP contribution in [-0.4, -0.2) is 115 Å². The maximum Gasteiger partial charge on any atom is 0.339 e. The normalized spacial score (nSPS) is 31.4. The van der Waals surface area contributed by atoms with E-state index in [1.165, 1.54) is 13.0 Å². The maximum absolute atomic E-state index is 13.2. The molecule has 1 N–H and O–H groups in total. The molecule has 18 nitrogen and oxygen atoms in total. The zero-order valence-corrected chi connectivity index (χ0v) is 30.5. The molecule has 4 rings (SSSR count). The topological polar surface area (TPSA) is 232 Å². The second kappa shape index (κ2) is 17.2. The smallest absolute Gasteiger partial charge is 0.339 e. The summed E-state index contributed by atoms with van der Waals surface area (Å²) >= 11 is 0. The lowest BCUT2D eigenvalue weighted by molar-refractivity contribution is -0.354. The first-order valence-electron chi connectivity index (χ1n) is 16.7. The van der Waals surface area contributed by atoms with E-state index in [0.29, 0.717) is 5.56 Å². The third-order valence-electron chi connectivity index (χ3n) is 8.78. The molecule has 1 aliphatic carbocycles. The van der Waals surface area contributed by atoms with Gasteiger partial charge in [0.15, 0.2) is 23.9 Å². The third kappa shape index (κ3) is 9.42. The van der Waals surface area contributed by atoms with Gasteiger partial charge in [-0.1, -0.05) is 30.3 Å². The summed E-state index contributed by atoms with van der Waals surface area (Å²) in [5.74, 6) is -7.91. The van der Waals surface area contributed by atoms with Crippen LogP contribution in [0.5, 0.6) is 0 Å². The standard InChI is InChI=1S/C36H42O18/c1-18(37)46-17-25-28(48-19(2)38)29(49-20(3)39)30(50-21(4)40)33(51-25)53-34-31-35(6,54-22(5)41)26(15-36(31,44)24(16-47-34)32(43)45-7)52-27(42)14-13-23-11-9-8-10-12-23/h8-14,16,25-26,28-31,33-34,44H,15,17H2,1-7H3/b14-13+/t25-,26+,28-,29+,30-,31-,33+,34+,35+,36+/m1/s1. The van der Waals surface area contributed by atoms with Crippen LogP contribution in [0.3, 0.4) is 0 Å². The van der Waals surface area contributed by atoms with Gasteiger partial charge in [0.25, 0.3) is 0 Å². The van der Waals surface area contributed by atoms with Gasteiger partial charge in [0.1, 0.15) is 30.0 Å². The molecule has 2 aliphatic heterocycles. The number of benzene rings is 1. The molecule has 0 radical (unpaired) electrons. The summed E-state index contributed by atoms with van der Waals surface area (Å²) < 4.78 is 56.0. The van der Waals surface area contributed by atoms with Gasteiger partial charge in [-0.2, -0.15) is 0 Å². The summed E-state index contributed by atoms with van der Waals surface area (Å²) in [7, 11) is 1.05. The highest BCUT2D eigenvalue weighted by molar-refractivity contribution is 5.91. The van der Waals surface area contributed by atoms with Gasteiger partial charge in [-0.05, 0) is 18.6 Å². The summed E-state index contributed by atoms with van der Waals surface area (Å²) in [6.07, 6.45) is -8.48. The zero-order chi connectivity index (χ0) is 40.0. The second-order valence-electron chi connectivity index (χ2n) is 12.8. The maximum atomic E-state index is 13.2. The highest BCUT2D eigenvalue weighted by Crippen LogP contribution is 2.55. The average Bonchev–Trinajstić information content (AvgIpc) is 3.30. The summed E-state index contributed by atoms with van der Waals surface area (Å²) in [5.41, 5.74) is -4.16. The predicted octanol–water partition coefficient (Wildman–Crippen LogP) is 1.20. The van der Waals surface area contributed by atoms with Gasteiger partial charge in [0.05, 0.1) is 19.3 Å². The van der Waals surface area contributed by atoms with Crippen molar-refractivity contribution in [2.75, 3.05) is 13.7 Å². The molecule has 1 saturated carbocycles. The van der Waals surface area contributed by atoms with Crippen molar-refractivity contribution < 1.29 is 86.0 Å². The van der Waals surface area contributed by atoms with Gasteiger partial charge in [-0.25, -0.2) is 9.59 Å². The Kier molecular flexibility index (Phi) is 13.2. The van der Waals surface area contributed by atoms with Crippen molar-refractivity contribution in [2.45, 2.75) is 102 Å². The minimum absolute atomic E-state index is 0.451. The average molecular weight is 763 g/mol. The van der Waals surface area contributed by atoms with Gasteiger partial charge in [-0.15, -0.1) is 0 Å². The number of methoxy groups -OCH3 is 1. The Morgan fingerprint density at radius 1 is 0.815 bits per heavy atom. The largest absolute Gasteiger partial charge is 0.471 e. The van der Waals surface area contributed by atoms with Crippen LogP contribution < -0.4 is 0 Å². The first-order valence-corrected chi connectivity index (χ1v) is 16.7. The Labute approximate surface area is 309 Å². The van der Waals surface area contributed by atoms with E-state index in [1.807, 2.05) is 0 Å². The molecule has 3 aliphatic rings. The minimum atomic E-state index is -2.35. The fourth-order valence-electron chi connectivity index (χ4n) is 6.76. The van der Waals surface area contributed by atoms with E-state index in [0.717, 1.165) is 54.1 Å². The third-order valence-corrected chi connectivity index (χ3v) is 8.78. The molecule has 0 unspecified atom stereocenters. The van der Waals surface area contributed by atoms with E-state index in [4.69, 9.17) is 47.4 Å². The molecule has 2 fully saturated rings. The number of fused-ring (bicyclic) bond motifs is 1. The first-order chi connectivity index (χ1) is 25.4. The van der Waals surface area contributed by atoms with Crippen molar-refractivity contribution in [2.24, 2.45) is 5.92 Å². The van der Waals surface area contributed by atoms with Gasteiger partial charge in [0, 0.05) is 47.1 Å². The lowest BCUT2D eigenvalue weighted by Crippen LogP contribution is -2.65. The molecular formula is C36H42O18. The predicted molar refractivity (Wildman–Crippen MR) is 177 cm³/mol. The van der Waals surface area contributed by atoms with Crippen molar-refractivity contribution in [3.63, 3.8) is 0 Å². The SMILES string of the molecule is COC(=O)C1=CO[C@@H](O[C@@H]2O[C@H](COC(C)=O)[C@@H](OC(C)=O)[C@H](OC(C)=O)[C@H]2OC(C)=O)[C@@H]2[C@@](C)(OC(C)=O)[C@@H](OC(=O)/C=C/c3ccccc3)C[C@]12O. The van der Waals surface area contributed by atoms with E-state index in [2.05, 4.69) is 0 Å². The van der Waals surface area contributed by atoms with Crippen LogP contribution in [0.1, 0.15) is 53.5 Å². The van der Waals surface area contributed by atoms with Crippen LogP contribution in [0.4, 0.5) is 0 Å². The van der Waals surface area contributed by atoms with Gasteiger partial charge in [-0.3, -0.25) is 24.0 Å². The highest BCUT2D eigenvalue weighted by Gasteiger charge is 2.71. The van der Waals surface area contributed by atoms with E-state index in [1.54, 1.807) is 30.3 Å². The van der Waals surface area contributed by atoms with Crippen LogP contribution in [0.15, 0.2) is 48.2 Å². The lowest BCUT2D eigenvalue weighted by atomic mass is 9.77. The van der Waals surface area contributed by atoms with Crippen LogP contribution in [0, 0.1) is 5.92 Å². The van der Waals surface area contributed by atoms with Crippen LogP contribution in [0.25, 0.3) is 6.08 Å². The Morgan fingerprint density at radius 2 is 1.43 bits per heavy atom. The molecular weight excluding hydrogens is 720 g/mol. The Bertz CT molecular complexity index is 1670. The molecule has 2 heterocycles. The van der Waals surface area contributed by atoms with E-state index in [-0.39, 0.29) is 0 Å². The molecule has 1 aromatic carbocycles. The molecule has 18 heteroatoms. The van der Waals surface area contributed by atoms with Crippen LogP contribution in [-0.2, 0) is 80.9 Å². The molecule has 0 aromatic heterocycles. The van der Waals surface area contributed by atoms with Crippen molar-refractivity contribution >= 4 is 47.9 Å². The van der Waals surface area contributed by atoms with Crippen LogP contribution >= 0.6 is 0 Å². The Balaban J connectivity index is 1.80. The molecule has 10 atom stereocenters. The molecule has 0 spiro atoms. The molecule has 0 amide bonds. The van der Waals surface area contributed by atoms with Crippen molar-refractivity contribution in [1.29, 1.82) is 0 Å². The highest BCUT2D eigenvalue weighted by atomic mass is 16.8. The van der Waals surface area contributed by atoms with E-state index in [9.17, 15) is 38.7 Å².